The van der Waals surface area contributed by atoms with Gasteiger partial charge in [0.15, 0.2) is 0 Å². The number of carboxylic acids is 1. The molecule has 0 heterocycles. The van der Waals surface area contributed by atoms with Gasteiger partial charge in [0, 0.05) is 13.1 Å². The monoisotopic (exact) mass is 284 g/mol. The van der Waals surface area contributed by atoms with Crippen LogP contribution in [0.1, 0.15) is 46.5 Å². The van der Waals surface area contributed by atoms with Crippen LogP contribution in [0.4, 0.5) is 0 Å². The summed E-state index contributed by atoms with van der Waals surface area (Å²) in [6.07, 6.45) is 4.43. The Balaban J connectivity index is 2.55. The molecule has 0 radical (unpaired) electrons. The second kappa shape index (κ2) is 6.57. The lowest BCUT2D eigenvalue weighted by Crippen LogP contribution is -2.52. The zero-order valence-corrected chi connectivity index (χ0v) is 13.3. The van der Waals surface area contributed by atoms with Gasteiger partial charge in [-0.3, -0.25) is 14.5 Å². The minimum atomic E-state index is -1.03. The second-order valence-electron chi connectivity index (χ2n) is 6.64. The van der Waals surface area contributed by atoms with E-state index in [2.05, 4.69) is 6.92 Å². The van der Waals surface area contributed by atoms with Gasteiger partial charge in [-0.05, 0) is 52.5 Å². The Morgan fingerprint density at radius 1 is 1.15 bits per heavy atom. The van der Waals surface area contributed by atoms with E-state index in [1.165, 1.54) is 12.8 Å². The standard InChI is InChI=1S/C15H28N2O3/c1-11-6-8-12(9-7-11)17(5)13(18)10-16(4)15(2,3)14(19)20/h11-12H,6-10H2,1-5H3,(H,19,20). The number of hydrogen-bond acceptors (Lipinski definition) is 3. The summed E-state index contributed by atoms with van der Waals surface area (Å²) in [6, 6.07) is 0.306. The molecule has 1 fully saturated rings. The molecule has 0 spiro atoms. The maximum atomic E-state index is 12.3. The van der Waals surface area contributed by atoms with Crippen molar-refractivity contribution in [2.75, 3.05) is 20.6 Å². The van der Waals surface area contributed by atoms with E-state index in [9.17, 15) is 14.7 Å². The highest BCUT2D eigenvalue weighted by Crippen LogP contribution is 2.26. The van der Waals surface area contributed by atoms with E-state index in [1.807, 2.05) is 7.05 Å². The summed E-state index contributed by atoms with van der Waals surface area (Å²) >= 11 is 0. The van der Waals surface area contributed by atoms with Crippen LogP contribution in [0, 0.1) is 5.92 Å². The molecule has 20 heavy (non-hydrogen) atoms. The van der Waals surface area contributed by atoms with Crippen molar-refractivity contribution in [1.29, 1.82) is 0 Å². The predicted octanol–water partition coefficient (Wildman–Crippen LogP) is 1.82. The third kappa shape index (κ3) is 3.95. The molecule has 1 saturated carbocycles. The molecule has 116 valence electrons. The molecule has 0 aromatic carbocycles. The van der Waals surface area contributed by atoms with Crippen molar-refractivity contribution >= 4 is 11.9 Å². The van der Waals surface area contributed by atoms with Gasteiger partial charge < -0.3 is 10.0 Å². The summed E-state index contributed by atoms with van der Waals surface area (Å²) in [6.45, 7) is 5.62. The van der Waals surface area contributed by atoms with Gasteiger partial charge in [0.2, 0.25) is 5.91 Å². The topological polar surface area (TPSA) is 60.9 Å². The zero-order chi connectivity index (χ0) is 15.5. The van der Waals surface area contributed by atoms with Crippen LogP contribution < -0.4 is 0 Å². The predicted molar refractivity (Wildman–Crippen MR) is 78.5 cm³/mol. The van der Waals surface area contributed by atoms with Crippen molar-refractivity contribution in [3.63, 3.8) is 0 Å². The second-order valence-corrected chi connectivity index (χ2v) is 6.64. The highest BCUT2D eigenvalue weighted by Gasteiger charge is 2.34. The van der Waals surface area contributed by atoms with E-state index in [4.69, 9.17) is 0 Å². The van der Waals surface area contributed by atoms with E-state index in [0.717, 1.165) is 18.8 Å². The van der Waals surface area contributed by atoms with Gasteiger partial charge in [0.1, 0.15) is 5.54 Å². The molecule has 1 aliphatic rings. The summed E-state index contributed by atoms with van der Waals surface area (Å²) in [7, 11) is 3.52. The van der Waals surface area contributed by atoms with Crippen LogP contribution in [0.25, 0.3) is 0 Å². The fourth-order valence-corrected chi connectivity index (χ4v) is 2.51. The first-order valence-corrected chi connectivity index (χ1v) is 7.36. The molecule has 0 unspecified atom stereocenters. The first kappa shape index (κ1) is 17.0. The molecule has 0 aromatic heterocycles. The van der Waals surface area contributed by atoms with Gasteiger partial charge in [-0.25, -0.2) is 0 Å². The third-order valence-corrected chi connectivity index (χ3v) is 4.78. The molecule has 1 amide bonds. The van der Waals surface area contributed by atoms with E-state index in [1.54, 1.807) is 30.7 Å². The zero-order valence-electron chi connectivity index (χ0n) is 13.3. The van der Waals surface area contributed by atoms with Crippen molar-refractivity contribution in [2.45, 2.75) is 58.0 Å². The average molecular weight is 284 g/mol. The summed E-state index contributed by atoms with van der Waals surface area (Å²) in [5.74, 6) is -0.160. The number of carbonyl (C=O) groups excluding carboxylic acids is 1. The first-order valence-electron chi connectivity index (χ1n) is 7.36. The number of aliphatic carboxylic acids is 1. The molecule has 1 aliphatic carbocycles. The summed E-state index contributed by atoms with van der Waals surface area (Å²) in [5, 5.41) is 9.17. The van der Waals surface area contributed by atoms with E-state index in [-0.39, 0.29) is 12.5 Å². The lowest BCUT2D eigenvalue weighted by Gasteiger charge is -2.36. The fourth-order valence-electron chi connectivity index (χ4n) is 2.51. The molecular formula is C15H28N2O3. The Morgan fingerprint density at radius 2 is 1.65 bits per heavy atom. The van der Waals surface area contributed by atoms with Gasteiger partial charge in [-0.1, -0.05) is 6.92 Å². The van der Waals surface area contributed by atoms with Crippen LogP contribution >= 0.6 is 0 Å². The molecule has 0 atom stereocenters. The van der Waals surface area contributed by atoms with E-state index < -0.39 is 11.5 Å². The molecule has 0 saturated heterocycles. The quantitative estimate of drug-likeness (QED) is 0.836. The Hall–Kier alpha value is -1.10. The van der Waals surface area contributed by atoms with Crippen LogP contribution in [0.15, 0.2) is 0 Å². The van der Waals surface area contributed by atoms with Gasteiger partial charge in [-0.2, -0.15) is 0 Å². The maximum Gasteiger partial charge on any atom is 0.323 e. The summed E-state index contributed by atoms with van der Waals surface area (Å²) in [4.78, 5) is 26.9. The van der Waals surface area contributed by atoms with Crippen molar-refractivity contribution in [1.82, 2.24) is 9.80 Å². The van der Waals surface area contributed by atoms with Gasteiger partial charge in [-0.15, -0.1) is 0 Å². The number of nitrogens with zero attached hydrogens (tertiary/aromatic N) is 2. The first-order chi connectivity index (χ1) is 9.16. The number of carbonyl (C=O) groups is 2. The van der Waals surface area contributed by atoms with Gasteiger partial charge >= 0.3 is 5.97 Å². The smallest absolute Gasteiger partial charge is 0.323 e. The minimum Gasteiger partial charge on any atom is -0.480 e. The van der Waals surface area contributed by atoms with Crippen LogP contribution in [-0.2, 0) is 9.59 Å². The fraction of sp³-hybridized carbons (Fsp3) is 0.867. The normalized spacial score (nSPS) is 23.7. The molecule has 1 rings (SSSR count). The van der Waals surface area contributed by atoms with E-state index in [0.29, 0.717) is 6.04 Å². The van der Waals surface area contributed by atoms with Crippen LogP contribution in [0.3, 0.4) is 0 Å². The highest BCUT2D eigenvalue weighted by molar-refractivity contribution is 5.81. The van der Waals surface area contributed by atoms with Crippen LogP contribution in [-0.4, -0.2) is 59.0 Å². The molecule has 0 bridgehead atoms. The SMILES string of the molecule is CC1CCC(N(C)C(=O)CN(C)C(C)(C)C(=O)O)CC1. The summed E-state index contributed by atoms with van der Waals surface area (Å²) < 4.78 is 0. The average Bonchev–Trinajstić information content (AvgIpc) is 2.38. The van der Waals surface area contributed by atoms with Gasteiger partial charge in [0.25, 0.3) is 0 Å². The Labute approximate surface area is 121 Å². The number of carboxylic acid groups (broad SMARTS) is 1. The van der Waals surface area contributed by atoms with Crippen molar-refractivity contribution < 1.29 is 14.7 Å². The Bertz CT molecular complexity index is 360. The number of amides is 1. The maximum absolute atomic E-state index is 12.3. The minimum absolute atomic E-state index is 0.00128. The van der Waals surface area contributed by atoms with Gasteiger partial charge in [0.05, 0.1) is 6.54 Å². The van der Waals surface area contributed by atoms with Crippen molar-refractivity contribution in [3.05, 3.63) is 0 Å². The Kier molecular flexibility index (Phi) is 5.57. The number of likely N-dealkylation sites (N-methyl/N-ethyl adjacent to an activating group) is 2. The van der Waals surface area contributed by atoms with Crippen molar-refractivity contribution in [2.24, 2.45) is 5.92 Å². The molecule has 0 aromatic rings. The molecule has 5 nitrogen and oxygen atoms in total. The van der Waals surface area contributed by atoms with E-state index >= 15 is 0 Å². The lowest BCUT2D eigenvalue weighted by molar-refractivity contribution is -0.150. The molecule has 5 heteroatoms. The number of rotatable bonds is 5. The van der Waals surface area contributed by atoms with Crippen molar-refractivity contribution in [3.8, 4) is 0 Å². The molecule has 1 N–H and O–H groups in total. The van der Waals surface area contributed by atoms with Crippen LogP contribution in [0.2, 0.25) is 0 Å². The lowest BCUT2D eigenvalue weighted by atomic mass is 9.87. The Morgan fingerprint density at radius 3 is 2.10 bits per heavy atom. The molecular weight excluding hydrogens is 256 g/mol. The summed E-state index contributed by atoms with van der Waals surface area (Å²) in [5.41, 5.74) is -1.03. The third-order valence-electron chi connectivity index (χ3n) is 4.78. The number of hydrogen-bond donors (Lipinski definition) is 1. The molecule has 0 aliphatic heterocycles. The van der Waals surface area contributed by atoms with Crippen LogP contribution in [0.5, 0.6) is 0 Å². The highest BCUT2D eigenvalue weighted by atomic mass is 16.4. The largest absolute Gasteiger partial charge is 0.480 e.